The van der Waals surface area contributed by atoms with E-state index in [2.05, 4.69) is 20.8 Å². The van der Waals surface area contributed by atoms with Gasteiger partial charge in [0.05, 0.1) is 6.04 Å². The third-order valence-corrected chi connectivity index (χ3v) is 4.65. The van der Waals surface area contributed by atoms with Crippen LogP contribution in [0.2, 0.25) is 0 Å². The van der Waals surface area contributed by atoms with Crippen molar-refractivity contribution in [2.45, 2.75) is 79.7 Å². The van der Waals surface area contributed by atoms with Crippen molar-refractivity contribution in [2.75, 3.05) is 0 Å². The van der Waals surface area contributed by atoms with Gasteiger partial charge in [0.15, 0.2) is 5.78 Å². The van der Waals surface area contributed by atoms with Crippen LogP contribution in [-0.4, -0.2) is 11.8 Å². The molecule has 0 aromatic carbocycles. The highest BCUT2D eigenvalue weighted by Crippen LogP contribution is 2.32. The minimum Gasteiger partial charge on any atom is -0.321 e. The lowest BCUT2D eigenvalue weighted by atomic mass is 9.76. The first kappa shape index (κ1) is 16.6. The van der Waals surface area contributed by atoms with Crippen molar-refractivity contribution < 1.29 is 4.79 Å². The van der Waals surface area contributed by atoms with Crippen molar-refractivity contribution in [2.24, 2.45) is 16.6 Å². The Kier molecular flexibility index (Phi) is 6.39. The number of hydrogen-bond acceptors (Lipinski definition) is 2. The van der Waals surface area contributed by atoms with Crippen molar-refractivity contribution in [1.29, 1.82) is 0 Å². The molecule has 0 aliphatic rings. The van der Waals surface area contributed by atoms with E-state index in [1.54, 1.807) is 0 Å². The molecule has 2 N–H and O–H groups in total. The fourth-order valence-electron chi connectivity index (χ4n) is 1.91. The van der Waals surface area contributed by atoms with Gasteiger partial charge in [0.2, 0.25) is 0 Å². The van der Waals surface area contributed by atoms with Crippen LogP contribution in [0.5, 0.6) is 0 Å². The second kappa shape index (κ2) is 6.53. The Morgan fingerprint density at radius 1 is 1.06 bits per heavy atom. The van der Waals surface area contributed by atoms with E-state index in [0.717, 1.165) is 32.1 Å². The normalized spacial score (nSPS) is 14.8. The van der Waals surface area contributed by atoms with Gasteiger partial charge in [-0.15, -0.1) is 0 Å². The molecule has 0 spiro atoms. The summed E-state index contributed by atoms with van der Waals surface area (Å²) >= 11 is 0. The molecule has 0 amide bonds. The molecule has 0 bridgehead atoms. The molecule has 17 heavy (non-hydrogen) atoms. The molecular weight excluding hydrogens is 210 g/mol. The summed E-state index contributed by atoms with van der Waals surface area (Å²) in [5, 5.41) is 0. The van der Waals surface area contributed by atoms with Gasteiger partial charge in [0.1, 0.15) is 0 Å². The highest BCUT2D eigenvalue weighted by molar-refractivity contribution is 5.88. The zero-order valence-electron chi connectivity index (χ0n) is 12.6. The van der Waals surface area contributed by atoms with E-state index >= 15 is 0 Å². The minimum atomic E-state index is -0.289. The second-order valence-electron chi connectivity index (χ2n) is 6.26. The molecule has 0 saturated heterocycles. The van der Waals surface area contributed by atoms with Gasteiger partial charge >= 0.3 is 0 Å². The van der Waals surface area contributed by atoms with E-state index in [1.165, 1.54) is 0 Å². The van der Waals surface area contributed by atoms with E-state index in [-0.39, 0.29) is 17.2 Å². The third-order valence-electron chi connectivity index (χ3n) is 4.65. The molecule has 0 radical (unpaired) electrons. The molecule has 0 saturated carbocycles. The van der Waals surface area contributed by atoms with Crippen LogP contribution in [0.3, 0.4) is 0 Å². The van der Waals surface area contributed by atoms with Crippen molar-refractivity contribution >= 4 is 5.78 Å². The summed E-state index contributed by atoms with van der Waals surface area (Å²) in [5.74, 6) is 0.217. The van der Waals surface area contributed by atoms with E-state index in [9.17, 15) is 4.79 Å². The standard InChI is InChI=1S/C15H31NO/c1-7-14(4,5)13(17)12(16)10-11-15(6,8-2)9-3/h12H,7-11,16H2,1-6H3. The van der Waals surface area contributed by atoms with E-state index < -0.39 is 0 Å². The van der Waals surface area contributed by atoms with Crippen LogP contribution < -0.4 is 5.73 Å². The van der Waals surface area contributed by atoms with Gasteiger partial charge in [-0.05, 0) is 24.7 Å². The first-order chi connectivity index (χ1) is 7.72. The number of rotatable bonds is 8. The smallest absolute Gasteiger partial charge is 0.155 e. The zero-order valence-corrected chi connectivity index (χ0v) is 12.6. The molecule has 2 nitrogen and oxygen atoms in total. The Hall–Kier alpha value is -0.370. The lowest BCUT2D eigenvalue weighted by Crippen LogP contribution is -2.40. The molecule has 0 heterocycles. The van der Waals surface area contributed by atoms with Crippen LogP contribution in [0.4, 0.5) is 0 Å². The molecule has 0 aromatic rings. The van der Waals surface area contributed by atoms with Gasteiger partial charge in [-0.2, -0.15) is 0 Å². The van der Waals surface area contributed by atoms with Gasteiger partial charge in [0.25, 0.3) is 0 Å². The molecular formula is C15H31NO. The molecule has 1 unspecified atom stereocenters. The fraction of sp³-hybridized carbons (Fsp3) is 0.933. The van der Waals surface area contributed by atoms with E-state index in [1.807, 2.05) is 20.8 Å². The minimum absolute atomic E-state index is 0.217. The number of carbonyl (C=O) groups is 1. The average Bonchev–Trinajstić information content (AvgIpc) is 2.34. The molecule has 0 aliphatic heterocycles. The Morgan fingerprint density at radius 2 is 1.53 bits per heavy atom. The highest BCUT2D eigenvalue weighted by atomic mass is 16.1. The van der Waals surface area contributed by atoms with Crippen LogP contribution in [0.25, 0.3) is 0 Å². The van der Waals surface area contributed by atoms with Gasteiger partial charge in [-0.3, -0.25) is 4.79 Å². The summed E-state index contributed by atoms with van der Waals surface area (Å²) in [6, 6.07) is -0.289. The molecule has 0 rings (SSSR count). The Morgan fingerprint density at radius 3 is 1.88 bits per heavy atom. The molecule has 102 valence electrons. The van der Waals surface area contributed by atoms with Crippen molar-refractivity contribution in [3.63, 3.8) is 0 Å². The fourth-order valence-corrected chi connectivity index (χ4v) is 1.91. The number of Topliss-reactive ketones (excluding diaryl/α,β-unsaturated/α-hetero) is 1. The quantitative estimate of drug-likeness (QED) is 0.700. The first-order valence-corrected chi connectivity index (χ1v) is 7.02. The van der Waals surface area contributed by atoms with Gasteiger partial charge in [-0.1, -0.05) is 54.4 Å². The highest BCUT2D eigenvalue weighted by Gasteiger charge is 2.31. The SMILES string of the molecule is CCC(C)(CC)CCC(N)C(=O)C(C)(C)CC. The molecule has 2 heteroatoms. The maximum atomic E-state index is 12.2. The maximum absolute atomic E-state index is 12.2. The van der Waals surface area contributed by atoms with Crippen molar-refractivity contribution in [1.82, 2.24) is 0 Å². The number of carbonyl (C=O) groups excluding carboxylic acids is 1. The summed E-state index contributed by atoms with van der Waals surface area (Å²) in [7, 11) is 0. The Balaban J connectivity index is 4.37. The first-order valence-electron chi connectivity index (χ1n) is 7.02. The van der Waals surface area contributed by atoms with Gasteiger partial charge < -0.3 is 5.73 Å². The summed E-state index contributed by atoms with van der Waals surface area (Å²) in [6.45, 7) is 12.8. The van der Waals surface area contributed by atoms with E-state index in [4.69, 9.17) is 5.73 Å². The molecule has 0 aliphatic carbocycles. The molecule has 1 atom stereocenters. The van der Waals surface area contributed by atoms with Crippen LogP contribution in [0.1, 0.15) is 73.6 Å². The largest absolute Gasteiger partial charge is 0.321 e. The number of nitrogens with two attached hydrogens (primary N) is 1. The third kappa shape index (κ3) is 4.79. The monoisotopic (exact) mass is 241 g/mol. The van der Waals surface area contributed by atoms with Gasteiger partial charge in [0, 0.05) is 5.41 Å². The number of ketones is 1. The summed E-state index contributed by atoms with van der Waals surface area (Å²) in [5.41, 5.74) is 6.12. The van der Waals surface area contributed by atoms with Crippen molar-refractivity contribution in [3.05, 3.63) is 0 Å². The maximum Gasteiger partial charge on any atom is 0.155 e. The van der Waals surface area contributed by atoms with Crippen LogP contribution in [0.15, 0.2) is 0 Å². The van der Waals surface area contributed by atoms with Gasteiger partial charge in [-0.25, -0.2) is 0 Å². The Labute approximate surface area is 107 Å². The van der Waals surface area contributed by atoms with E-state index in [0.29, 0.717) is 5.41 Å². The predicted molar refractivity (Wildman–Crippen MR) is 75.0 cm³/mol. The summed E-state index contributed by atoms with van der Waals surface area (Å²) in [4.78, 5) is 12.2. The lowest BCUT2D eigenvalue weighted by Gasteiger charge is -2.30. The number of hydrogen-bond donors (Lipinski definition) is 1. The molecule has 0 aromatic heterocycles. The lowest BCUT2D eigenvalue weighted by molar-refractivity contribution is -0.128. The average molecular weight is 241 g/mol. The summed E-state index contributed by atoms with van der Waals surface area (Å²) in [6.07, 6.45) is 5.04. The van der Waals surface area contributed by atoms with Crippen LogP contribution in [-0.2, 0) is 4.79 Å². The molecule has 0 fully saturated rings. The van der Waals surface area contributed by atoms with Crippen LogP contribution >= 0.6 is 0 Å². The predicted octanol–water partition coefficient (Wildman–Crippen LogP) is 3.93. The van der Waals surface area contributed by atoms with Crippen molar-refractivity contribution in [3.8, 4) is 0 Å². The topological polar surface area (TPSA) is 43.1 Å². The Bertz CT molecular complexity index is 241. The van der Waals surface area contributed by atoms with Crippen LogP contribution in [0, 0.1) is 10.8 Å². The summed E-state index contributed by atoms with van der Waals surface area (Å²) < 4.78 is 0. The second-order valence-corrected chi connectivity index (χ2v) is 6.26. The zero-order chi connectivity index (χ0) is 13.7.